The van der Waals surface area contributed by atoms with Gasteiger partial charge in [0, 0.05) is 24.6 Å². The van der Waals surface area contributed by atoms with Crippen LogP contribution in [0.5, 0.6) is 11.5 Å². The Balaban J connectivity index is 1.41. The first kappa shape index (κ1) is 33.7. The van der Waals surface area contributed by atoms with Crippen LogP contribution in [-0.2, 0) is 31.3 Å². The largest absolute Gasteiger partial charge is 0.496 e. The lowest BCUT2D eigenvalue weighted by Gasteiger charge is -2.37. The van der Waals surface area contributed by atoms with E-state index in [1.54, 1.807) is 18.2 Å². The Kier molecular flexibility index (Phi) is 12.3. The number of methoxy groups -OCH3 is 1. The van der Waals surface area contributed by atoms with Crippen molar-refractivity contribution in [2.75, 3.05) is 20.3 Å². The summed E-state index contributed by atoms with van der Waals surface area (Å²) in [6.07, 6.45) is 0.665. The van der Waals surface area contributed by atoms with Gasteiger partial charge in [-0.15, -0.1) is 0 Å². The van der Waals surface area contributed by atoms with Crippen molar-refractivity contribution in [1.82, 2.24) is 10.6 Å². The van der Waals surface area contributed by atoms with Gasteiger partial charge in [-0.05, 0) is 42.2 Å². The van der Waals surface area contributed by atoms with E-state index >= 15 is 0 Å². The van der Waals surface area contributed by atoms with E-state index in [0.717, 1.165) is 16.7 Å². The van der Waals surface area contributed by atoms with E-state index in [-0.39, 0.29) is 18.9 Å². The third kappa shape index (κ3) is 8.73. The lowest BCUT2D eigenvalue weighted by molar-refractivity contribution is -0.148. The van der Waals surface area contributed by atoms with Crippen LogP contribution in [0.3, 0.4) is 0 Å². The molecule has 0 aromatic heterocycles. The summed E-state index contributed by atoms with van der Waals surface area (Å²) in [6, 6.07) is 33.0. The Hall–Kier alpha value is -5.15. The summed E-state index contributed by atoms with van der Waals surface area (Å²) in [5.41, 5.74) is 8.37. The first-order valence-corrected chi connectivity index (χ1v) is 15.3. The molecule has 0 heterocycles. The normalized spacial score (nSPS) is 11.6. The Bertz CT molecular complexity index is 1470. The number of benzene rings is 4. The summed E-state index contributed by atoms with van der Waals surface area (Å²) in [7, 11) is 1.51. The van der Waals surface area contributed by atoms with Gasteiger partial charge >= 0.3 is 5.97 Å². The number of carbonyl (C=O) groups is 3. The molecule has 0 unspecified atom stereocenters. The van der Waals surface area contributed by atoms with E-state index in [1.807, 2.05) is 97.9 Å². The van der Waals surface area contributed by atoms with E-state index in [0.29, 0.717) is 43.1 Å². The highest BCUT2D eigenvalue weighted by atomic mass is 16.5. The summed E-state index contributed by atoms with van der Waals surface area (Å²) in [4.78, 5) is 38.2. The number of amides is 2. The molecule has 9 heteroatoms. The SMILES string of the molecule is CCNC(=O)CCCOc1ccc(COC(=O)[C@@H](N)CC(=O)NC(c2ccccc2)(c2ccccc2)c2ccccc2)c(OC)c1. The predicted octanol–water partition coefficient (Wildman–Crippen LogP) is 4.86. The molecule has 0 radical (unpaired) electrons. The molecule has 2 amide bonds. The minimum absolute atomic E-state index is 0.0144. The third-order valence-electron chi connectivity index (χ3n) is 7.47. The minimum Gasteiger partial charge on any atom is -0.496 e. The van der Waals surface area contributed by atoms with Gasteiger partial charge in [-0.3, -0.25) is 14.4 Å². The second-order valence-electron chi connectivity index (χ2n) is 10.7. The molecule has 0 aliphatic heterocycles. The van der Waals surface area contributed by atoms with E-state index in [9.17, 15) is 14.4 Å². The maximum absolute atomic E-state index is 13.6. The van der Waals surface area contributed by atoms with Crippen LogP contribution in [0, 0.1) is 0 Å². The predicted molar refractivity (Wildman–Crippen MR) is 176 cm³/mol. The zero-order chi connectivity index (χ0) is 32.8. The maximum Gasteiger partial charge on any atom is 0.323 e. The molecule has 0 aliphatic rings. The lowest BCUT2D eigenvalue weighted by atomic mass is 9.77. The van der Waals surface area contributed by atoms with Gasteiger partial charge in [-0.25, -0.2) is 0 Å². The van der Waals surface area contributed by atoms with Gasteiger partial charge in [-0.1, -0.05) is 91.0 Å². The molecule has 240 valence electrons. The number of carbonyl (C=O) groups excluding carboxylic acids is 3. The van der Waals surface area contributed by atoms with Crippen LogP contribution < -0.4 is 25.8 Å². The van der Waals surface area contributed by atoms with Crippen molar-refractivity contribution in [3.63, 3.8) is 0 Å². The van der Waals surface area contributed by atoms with Crippen LogP contribution in [0.2, 0.25) is 0 Å². The molecule has 4 aromatic carbocycles. The summed E-state index contributed by atoms with van der Waals surface area (Å²) >= 11 is 0. The van der Waals surface area contributed by atoms with Gasteiger partial charge < -0.3 is 30.6 Å². The molecule has 0 aliphatic carbocycles. The average molecular weight is 624 g/mol. The van der Waals surface area contributed by atoms with Gasteiger partial charge in [0.25, 0.3) is 0 Å². The van der Waals surface area contributed by atoms with E-state index in [1.165, 1.54) is 7.11 Å². The molecule has 9 nitrogen and oxygen atoms in total. The highest BCUT2D eigenvalue weighted by Crippen LogP contribution is 2.37. The standard InChI is InChI=1S/C37H41N3O6/c1-3-39-34(41)20-13-23-45-31-22-21-27(33(24-31)44-2)26-46-36(43)32(38)25-35(42)40-37(28-14-7-4-8-15-28,29-16-9-5-10-17-29)30-18-11-6-12-19-30/h4-12,14-19,21-22,24,32H,3,13,20,23,25-26,38H2,1-2H3,(H,39,41)(H,40,42)/t32-/m0/s1. The van der Waals surface area contributed by atoms with Crippen LogP contribution in [0.1, 0.15) is 48.4 Å². The fraction of sp³-hybridized carbons (Fsp3) is 0.270. The topological polar surface area (TPSA) is 129 Å². The molecule has 0 bridgehead atoms. The number of nitrogens with two attached hydrogens (primary N) is 1. The van der Waals surface area contributed by atoms with Crippen molar-refractivity contribution in [2.45, 2.75) is 44.4 Å². The molecule has 46 heavy (non-hydrogen) atoms. The number of rotatable bonds is 16. The summed E-state index contributed by atoms with van der Waals surface area (Å²) < 4.78 is 16.7. The third-order valence-corrected chi connectivity index (χ3v) is 7.47. The number of hydrogen-bond donors (Lipinski definition) is 3. The molecule has 4 rings (SSSR count). The second-order valence-corrected chi connectivity index (χ2v) is 10.7. The molecular weight excluding hydrogens is 582 g/mol. The molecule has 0 saturated carbocycles. The monoisotopic (exact) mass is 623 g/mol. The van der Waals surface area contributed by atoms with Gasteiger partial charge in [0.1, 0.15) is 29.7 Å². The van der Waals surface area contributed by atoms with Crippen LogP contribution in [0.4, 0.5) is 0 Å². The molecule has 0 saturated heterocycles. The van der Waals surface area contributed by atoms with Crippen LogP contribution >= 0.6 is 0 Å². The van der Waals surface area contributed by atoms with Crippen molar-refractivity contribution >= 4 is 17.8 Å². The summed E-state index contributed by atoms with van der Waals surface area (Å²) in [6.45, 7) is 2.74. The van der Waals surface area contributed by atoms with Crippen LogP contribution in [-0.4, -0.2) is 44.1 Å². The number of nitrogens with one attached hydrogen (secondary N) is 2. The van der Waals surface area contributed by atoms with Crippen LogP contribution in [0.15, 0.2) is 109 Å². The number of hydrogen-bond acceptors (Lipinski definition) is 7. The zero-order valence-corrected chi connectivity index (χ0v) is 26.2. The molecule has 4 N–H and O–H groups in total. The first-order valence-electron chi connectivity index (χ1n) is 15.3. The second kappa shape index (κ2) is 16.8. The van der Waals surface area contributed by atoms with E-state index in [2.05, 4.69) is 10.6 Å². The minimum atomic E-state index is -1.20. The van der Waals surface area contributed by atoms with E-state index in [4.69, 9.17) is 19.9 Å². The smallest absolute Gasteiger partial charge is 0.323 e. The van der Waals surface area contributed by atoms with Crippen LogP contribution in [0.25, 0.3) is 0 Å². The Morgan fingerprint density at radius 1 is 0.804 bits per heavy atom. The Morgan fingerprint density at radius 3 is 1.89 bits per heavy atom. The van der Waals surface area contributed by atoms with Gasteiger partial charge in [0.15, 0.2) is 0 Å². The summed E-state index contributed by atoms with van der Waals surface area (Å²) in [5.74, 6) is -0.104. The van der Waals surface area contributed by atoms with Crippen molar-refractivity contribution in [3.8, 4) is 11.5 Å². The fourth-order valence-electron chi connectivity index (χ4n) is 5.22. The molecule has 4 aromatic rings. The lowest BCUT2D eigenvalue weighted by Crippen LogP contribution is -2.49. The number of ether oxygens (including phenoxy) is 3. The molecule has 1 atom stereocenters. The van der Waals surface area contributed by atoms with Gasteiger partial charge in [0.2, 0.25) is 11.8 Å². The average Bonchev–Trinajstić information content (AvgIpc) is 3.09. The zero-order valence-electron chi connectivity index (χ0n) is 26.2. The maximum atomic E-state index is 13.6. The van der Waals surface area contributed by atoms with Crippen molar-refractivity contribution in [2.24, 2.45) is 5.73 Å². The van der Waals surface area contributed by atoms with Gasteiger partial charge in [0.05, 0.1) is 20.1 Å². The molecular formula is C37H41N3O6. The molecule has 0 fully saturated rings. The quantitative estimate of drug-likeness (QED) is 0.0924. The Labute approximate surface area is 270 Å². The molecule has 0 spiro atoms. The van der Waals surface area contributed by atoms with Crippen molar-refractivity contribution < 1.29 is 28.6 Å². The first-order chi connectivity index (χ1) is 22.4. The van der Waals surface area contributed by atoms with Crippen molar-refractivity contribution in [1.29, 1.82) is 0 Å². The highest BCUT2D eigenvalue weighted by molar-refractivity contribution is 5.86. The highest BCUT2D eigenvalue weighted by Gasteiger charge is 2.38. The Morgan fingerprint density at radius 2 is 1.37 bits per heavy atom. The number of esters is 1. The van der Waals surface area contributed by atoms with E-state index < -0.39 is 23.5 Å². The van der Waals surface area contributed by atoms with Gasteiger partial charge in [-0.2, -0.15) is 0 Å². The fourth-order valence-corrected chi connectivity index (χ4v) is 5.22. The summed E-state index contributed by atoms with van der Waals surface area (Å²) in [5, 5.41) is 5.97. The van der Waals surface area contributed by atoms with Crippen molar-refractivity contribution in [3.05, 3.63) is 131 Å².